The summed E-state index contributed by atoms with van der Waals surface area (Å²) < 4.78 is 19.6. The van der Waals surface area contributed by atoms with Gasteiger partial charge in [-0.15, -0.1) is 0 Å². The third-order valence-electron chi connectivity index (χ3n) is 3.04. The molecule has 0 aliphatic carbocycles. The highest BCUT2D eigenvalue weighted by molar-refractivity contribution is 7.98. The Hall–Kier alpha value is 1.34. The highest BCUT2D eigenvalue weighted by Gasteiger charge is 2.44. The molecule has 0 rings (SSSR count). The zero-order chi connectivity index (χ0) is 20.1. The van der Waals surface area contributed by atoms with Gasteiger partial charge in [-0.2, -0.15) is 37.0 Å². The second kappa shape index (κ2) is 14.3. The minimum Gasteiger partial charge on any atom is -0.390 e. The number of hydrogen-bond acceptors (Lipinski definition) is 12. The van der Waals surface area contributed by atoms with Crippen LogP contribution in [0, 0.1) is 0 Å². The summed E-state index contributed by atoms with van der Waals surface area (Å²) in [5, 5.41) is 0. The monoisotopic (exact) mass is 486 g/mol. The molecule has 0 saturated heterocycles. The van der Waals surface area contributed by atoms with Crippen LogP contribution in [0.5, 0.6) is 0 Å². The Kier molecular flexibility index (Phi) is 15.1. The lowest BCUT2D eigenvalue weighted by Gasteiger charge is -2.27. The van der Waals surface area contributed by atoms with Crippen molar-refractivity contribution in [2.45, 2.75) is 37.4 Å². The summed E-state index contributed by atoms with van der Waals surface area (Å²) in [6, 6.07) is 0.107. The number of rotatable bonds is 17. The smallest absolute Gasteiger partial charge is 0.390 e. The van der Waals surface area contributed by atoms with E-state index >= 15 is 0 Å². The number of hydrogen-bond donors (Lipinski definition) is 7. The van der Waals surface area contributed by atoms with Gasteiger partial charge in [0, 0.05) is 18.1 Å². The summed E-state index contributed by atoms with van der Waals surface area (Å²) in [5.74, 6) is 1.65. The Labute approximate surface area is 172 Å². The van der Waals surface area contributed by atoms with Crippen LogP contribution in [0.3, 0.4) is 0 Å². The molecule has 1 atom stereocenters. The van der Waals surface area contributed by atoms with Gasteiger partial charge in [-0.1, -0.05) is 0 Å². The highest BCUT2D eigenvalue weighted by Crippen LogP contribution is 2.19. The third-order valence-corrected chi connectivity index (χ3v) is 9.38. The van der Waals surface area contributed by atoms with Crippen LogP contribution in [0.1, 0.15) is 19.3 Å². The molecule has 0 aromatic carbocycles. The predicted molar refractivity (Wildman–Crippen MR) is 112 cm³/mol. The van der Waals surface area contributed by atoms with E-state index in [9.17, 15) is 24.0 Å². The average molecular weight is 487 g/mol. The molecule has 0 saturated carbocycles. The molecule has 0 radical (unpaired) electrons. The Morgan fingerprint density at radius 2 is 1.35 bits per heavy atom. The Morgan fingerprint density at radius 3 is 1.92 bits per heavy atom. The van der Waals surface area contributed by atoms with Crippen molar-refractivity contribution in [1.82, 2.24) is 0 Å². The quantitative estimate of drug-likeness (QED) is 0.0378. The SMILES string of the molecule is CSCCC[Si](O)(O)OCO[Si](O)(CCCS)OO[Si](O)(O)CCCS. The molecule has 0 aromatic rings. The first-order chi connectivity index (χ1) is 12.1. The van der Waals surface area contributed by atoms with Gasteiger partial charge in [0.25, 0.3) is 0 Å². The van der Waals surface area contributed by atoms with Gasteiger partial charge in [-0.3, -0.25) is 0 Å². The van der Waals surface area contributed by atoms with Crippen LogP contribution < -0.4 is 0 Å². The summed E-state index contributed by atoms with van der Waals surface area (Å²) in [6.07, 6.45) is 3.32. The topological polar surface area (TPSA) is 138 Å². The van der Waals surface area contributed by atoms with Crippen LogP contribution in [-0.2, 0) is 18.0 Å². The number of thioether (sulfide) groups is 1. The summed E-state index contributed by atoms with van der Waals surface area (Å²) in [5.41, 5.74) is 0. The van der Waals surface area contributed by atoms with Gasteiger partial charge >= 0.3 is 26.4 Å². The highest BCUT2D eigenvalue weighted by atomic mass is 32.2. The van der Waals surface area contributed by atoms with E-state index in [-0.39, 0.29) is 18.1 Å². The molecular formula is C11H30O9S3Si3. The molecule has 9 nitrogen and oxygen atoms in total. The van der Waals surface area contributed by atoms with Crippen molar-refractivity contribution < 1.29 is 42.0 Å². The molecule has 0 aromatic heterocycles. The van der Waals surface area contributed by atoms with Crippen molar-refractivity contribution >= 4 is 63.4 Å². The van der Waals surface area contributed by atoms with E-state index in [0.29, 0.717) is 30.8 Å². The minimum absolute atomic E-state index is 0.0365. The second-order valence-corrected chi connectivity index (χ2v) is 14.2. The normalized spacial score (nSPS) is 15.2. The zero-order valence-electron chi connectivity index (χ0n) is 14.7. The van der Waals surface area contributed by atoms with Crippen LogP contribution in [0.4, 0.5) is 0 Å². The molecule has 0 heterocycles. The molecular weight excluding hydrogens is 457 g/mol. The average Bonchev–Trinajstić information content (AvgIpc) is 2.57. The van der Waals surface area contributed by atoms with Crippen LogP contribution in [0.25, 0.3) is 0 Å². The van der Waals surface area contributed by atoms with E-state index in [0.717, 1.165) is 5.75 Å². The predicted octanol–water partition coefficient (Wildman–Crippen LogP) is 0.0964. The molecule has 26 heavy (non-hydrogen) atoms. The first-order valence-electron chi connectivity index (χ1n) is 8.07. The first-order valence-corrected chi connectivity index (χ1v) is 16.7. The fourth-order valence-electron chi connectivity index (χ4n) is 1.66. The van der Waals surface area contributed by atoms with Gasteiger partial charge < -0.3 is 32.8 Å². The van der Waals surface area contributed by atoms with Gasteiger partial charge in [0.15, 0.2) is 0 Å². The Balaban J connectivity index is 4.51. The Bertz CT molecular complexity index is 371. The molecule has 0 bridgehead atoms. The van der Waals surface area contributed by atoms with Gasteiger partial charge in [0.2, 0.25) is 0 Å². The van der Waals surface area contributed by atoms with E-state index in [4.69, 9.17) is 13.4 Å². The van der Waals surface area contributed by atoms with Crippen molar-refractivity contribution in [3.8, 4) is 0 Å². The van der Waals surface area contributed by atoms with Gasteiger partial charge in [-0.25, -0.2) is 9.15 Å². The van der Waals surface area contributed by atoms with Crippen LogP contribution in [0.2, 0.25) is 18.1 Å². The molecule has 0 aliphatic rings. The molecule has 0 aliphatic heterocycles. The van der Waals surface area contributed by atoms with E-state index in [1.807, 2.05) is 6.26 Å². The molecule has 15 heteroatoms. The lowest BCUT2D eigenvalue weighted by atomic mass is 10.6. The van der Waals surface area contributed by atoms with E-state index in [2.05, 4.69) is 29.8 Å². The van der Waals surface area contributed by atoms with Gasteiger partial charge in [0.1, 0.15) is 6.79 Å². The maximum atomic E-state index is 10.4. The van der Waals surface area contributed by atoms with Crippen molar-refractivity contribution in [2.24, 2.45) is 0 Å². The molecule has 0 amide bonds. The maximum Gasteiger partial charge on any atom is 0.527 e. The van der Waals surface area contributed by atoms with E-state index in [1.54, 1.807) is 11.8 Å². The molecule has 0 fully saturated rings. The lowest BCUT2D eigenvalue weighted by Crippen LogP contribution is -2.50. The largest absolute Gasteiger partial charge is 0.527 e. The van der Waals surface area contributed by atoms with Crippen molar-refractivity contribution in [2.75, 3.05) is 30.3 Å². The summed E-state index contributed by atoms with van der Waals surface area (Å²) in [6.45, 7) is -0.598. The standard InChI is InChI=1S/C11H30O9S3Si3/c1-23-7-4-9-24(12,13)17-11-18-26(16,10-3-6-22)20-19-25(14,15)8-2-5-21/h12-16,21-22H,2-11H2,1H3. The molecule has 1 unspecified atom stereocenters. The van der Waals surface area contributed by atoms with Crippen LogP contribution >= 0.6 is 37.0 Å². The second-order valence-electron chi connectivity index (χ2n) is 5.52. The van der Waals surface area contributed by atoms with Gasteiger partial charge in [0.05, 0.1) is 0 Å². The zero-order valence-corrected chi connectivity index (χ0v) is 20.3. The third kappa shape index (κ3) is 14.4. The summed E-state index contributed by atoms with van der Waals surface area (Å²) in [4.78, 5) is 49.6. The fraction of sp³-hybridized carbons (Fsp3) is 1.00. The summed E-state index contributed by atoms with van der Waals surface area (Å²) >= 11 is 9.60. The lowest BCUT2D eigenvalue weighted by molar-refractivity contribution is -0.204. The maximum absolute atomic E-state index is 10.4. The van der Waals surface area contributed by atoms with Crippen LogP contribution in [0.15, 0.2) is 0 Å². The Morgan fingerprint density at radius 1 is 0.769 bits per heavy atom. The molecule has 158 valence electrons. The van der Waals surface area contributed by atoms with E-state index in [1.165, 1.54) is 0 Å². The fourth-order valence-corrected chi connectivity index (χ4v) is 7.32. The summed E-state index contributed by atoms with van der Waals surface area (Å²) in [7, 11) is -11.9. The number of thiol groups is 2. The molecule has 5 N–H and O–H groups in total. The van der Waals surface area contributed by atoms with Crippen molar-refractivity contribution in [3.63, 3.8) is 0 Å². The van der Waals surface area contributed by atoms with Crippen LogP contribution in [-0.4, -0.2) is 80.7 Å². The van der Waals surface area contributed by atoms with Gasteiger partial charge in [-0.05, 0) is 42.8 Å². The first kappa shape index (κ1) is 27.3. The van der Waals surface area contributed by atoms with Crippen molar-refractivity contribution in [1.29, 1.82) is 0 Å². The van der Waals surface area contributed by atoms with E-state index < -0.39 is 33.2 Å². The molecule has 0 spiro atoms. The minimum atomic E-state index is -4.10. The van der Waals surface area contributed by atoms with Crippen molar-refractivity contribution in [3.05, 3.63) is 0 Å².